The molecule has 0 aromatic rings. The summed E-state index contributed by atoms with van der Waals surface area (Å²) in [6.45, 7) is 4.86. The Bertz CT molecular complexity index is 270. The van der Waals surface area contributed by atoms with E-state index in [2.05, 4.69) is 13.8 Å². The Morgan fingerprint density at radius 1 is 0.842 bits per heavy atom. The summed E-state index contributed by atoms with van der Waals surface area (Å²) < 4.78 is 11.7. The Labute approximate surface area is 121 Å². The van der Waals surface area contributed by atoms with Crippen molar-refractivity contribution in [2.75, 3.05) is 14.2 Å². The van der Waals surface area contributed by atoms with Crippen molar-refractivity contribution < 1.29 is 8.85 Å². The van der Waals surface area contributed by atoms with Gasteiger partial charge in [-0.15, -0.1) is 0 Å². The molecule has 19 heavy (non-hydrogen) atoms. The van der Waals surface area contributed by atoms with E-state index in [9.17, 15) is 0 Å². The van der Waals surface area contributed by atoms with E-state index in [0.717, 1.165) is 5.92 Å². The van der Waals surface area contributed by atoms with Crippen LogP contribution in [0.3, 0.4) is 0 Å². The second kappa shape index (κ2) is 6.27. The summed E-state index contributed by atoms with van der Waals surface area (Å²) in [4.78, 5) is 0. The van der Waals surface area contributed by atoms with Crippen LogP contribution in [-0.4, -0.2) is 23.5 Å². The predicted molar refractivity (Wildman–Crippen MR) is 82.7 cm³/mol. The van der Waals surface area contributed by atoms with E-state index in [1.807, 2.05) is 14.2 Å². The molecule has 0 radical (unpaired) electrons. The monoisotopic (exact) mass is 284 g/mol. The normalized spacial score (nSPS) is 27.6. The molecule has 2 aliphatic carbocycles. The van der Waals surface area contributed by atoms with Crippen molar-refractivity contribution in [1.82, 2.24) is 0 Å². The molecular formula is C16H32O2Si. The lowest BCUT2D eigenvalue weighted by atomic mass is 9.66. The minimum atomic E-state index is -1.53. The van der Waals surface area contributed by atoms with Gasteiger partial charge in [0.2, 0.25) is 0 Å². The van der Waals surface area contributed by atoms with Crippen LogP contribution in [0, 0.1) is 11.3 Å². The summed E-state index contributed by atoms with van der Waals surface area (Å²) >= 11 is 0. The molecule has 0 heterocycles. The first-order valence-electron chi connectivity index (χ1n) is 8.10. The molecule has 0 bridgehead atoms. The molecular weight excluding hydrogens is 252 g/mol. The minimum Gasteiger partial charge on any atom is -0.400 e. The lowest BCUT2D eigenvalue weighted by Crippen LogP contribution is -2.45. The smallest absolute Gasteiger partial charge is 0.327 e. The minimum absolute atomic E-state index is 0.429. The van der Waals surface area contributed by atoms with Crippen molar-refractivity contribution in [3.63, 3.8) is 0 Å². The van der Waals surface area contributed by atoms with E-state index < -0.39 is 9.28 Å². The molecule has 0 aliphatic heterocycles. The van der Waals surface area contributed by atoms with Crippen molar-refractivity contribution >= 4 is 9.28 Å². The number of hydrogen-bond donors (Lipinski definition) is 0. The van der Waals surface area contributed by atoms with Crippen LogP contribution in [-0.2, 0) is 8.85 Å². The standard InChI is InChI=1S/C16H32O2Si/c1-15(2)12-8-14(9-13-15)16(19(17-3)18-4)10-6-5-7-11-16/h14,19H,5-13H2,1-4H3. The summed E-state index contributed by atoms with van der Waals surface area (Å²) in [5.74, 6) is 0.859. The Hall–Kier alpha value is 0.137. The molecule has 0 unspecified atom stereocenters. The van der Waals surface area contributed by atoms with Gasteiger partial charge in [0.1, 0.15) is 0 Å². The molecule has 2 rings (SSSR count). The maximum atomic E-state index is 5.86. The van der Waals surface area contributed by atoms with E-state index in [0.29, 0.717) is 10.5 Å². The van der Waals surface area contributed by atoms with E-state index in [1.54, 1.807) is 0 Å². The average molecular weight is 285 g/mol. The van der Waals surface area contributed by atoms with Gasteiger partial charge in [0.05, 0.1) is 0 Å². The van der Waals surface area contributed by atoms with Crippen molar-refractivity contribution in [2.24, 2.45) is 11.3 Å². The van der Waals surface area contributed by atoms with E-state index >= 15 is 0 Å². The lowest BCUT2D eigenvalue weighted by molar-refractivity contribution is 0.102. The quantitative estimate of drug-likeness (QED) is 0.711. The predicted octanol–water partition coefficient (Wildman–Crippen LogP) is 4.42. The lowest BCUT2D eigenvalue weighted by Gasteiger charge is -2.49. The van der Waals surface area contributed by atoms with Crippen LogP contribution in [0.15, 0.2) is 0 Å². The second-order valence-electron chi connectivity index (χ2n) is 7.54. The topological polar surface area (TPSA) is 18.5 Å². The van der Waals surface area contributed by atoms with Gasteiger partial charge in [0.25, 0.3) is 0 Å². The summed E-state index contributed by atoms with van der Waals surface area (Å²) in [7, 11) is 2.23. The van der Waals surface area contributed by atoms with Crippen molar-refractivity contribution in [3.8, 4) is 0 Å². The van der Waals surface area contributed by atoms with E-state index in [4.69, 9.17) is 8.85 Å². The zero-order chi connectivity index (χ0) is 13.9. The van der Waals surface area contributed by atoms with E-state index in [1.165, 1.54) is 57.8 Å². The van der Waals surface area contributed by atoms with Crippen LogP contribution in [0.2, 0.25) is 5.04 Å². The highest BCUT2D eigenvalue weighted by Gasteiger charge is 2.49. The zero-order valence-corrected chi connectivity index (χ0v) is 14.5. The average Bonchev–Trinajstić information content (AvgIpc) is 2.41. The number of hydrogen-bond acceptors (Lipinski definition) is 2. The molecule has 0 aromatic heterocycles. The van der Waals surface area contributed by atoms with Crippen LogP contribution >= 0.6 is 0 Å². The maximum absolute atomic E-state index is 5.86. The fourth-order valence-electron chi connectivity index (χ4n) is 4.59. The van der Waals surface area contributed by atoms with Crippen LogP contribution in [0.5, 0.6) is 0 Å². The third kappa shape index (κ3) is 3.25. The van der Waals surface area contributed by atoms with Gasteiger partial charge in [0.15, 0.2) is 0 Å². The van der Waals surface area contributed by atoms with Gasteiger partial charge < -0.3 is 8.85 Å². The summed E-state index contributed by atoms with van der Waals surface area (Å²) in [6.07, 6.45) is 12.4. The highest BCUT2D eigenvalue weighted by atomic mass is 28.3. The Kier molecular flexibility index (Phi) is 5.13. The highest BCUT2D eigenvalue weighted by molar-refractivity contribution is 6.48. The van der Waals surface area contributed by atoms with Crippen molar-refractivity contribution in [2.45, 2.75) is 76.7 Å². The molecule has 2 nitrogen and oxygen atoms in total. The summed E-state index contributed by atoms with van der Waals surface area (Å²) in [6, 6.07) is 0. The molecule has 0 saturated heterocycles. The zero-order valence-electron chi connectivity index (χ0n) is 13.3. The second-order valence-corrected chi connectivity index (χ2v) is 10.3. The highest BCUT2D eigenvalue weighted by Crippen LogP contribution is 2.57. The molecule has 2 aliphatic rings. The molecule has 0 atom stereocenters. The molecule has 112 valence electrons. The third-order valence-corrected chi connectivity index (χ3v) is 8.68. The van der Waals surface area contributed by atoms with Crippen LogP contribution in [0.25, 0.3) is 0 Å². The van der Waals surface area contributed by atoms with Gasteiger partial charge in [-0.1, -0.05) is 33.1 Å². The largest absolute Gasteiger partial charge is 0.400 e. The van der Waals surface area contributed by atoms with Gasteiger partial charge in [-0.2, -0.15) is 0 Å². The summed E-state index contributed by atoms with van der Waals surface area (Å²) in [5, 5.41) is 0.429. The van der Waals surface area contributed by atoms with Crippen molar-refractivity contribution in [3.05, 3.63) is 0 Å². The van der Waals surface area contributed by atoms with Gasteiger partial charge in [-0.3, -0.25) is 0 Å². The molecule has 0 spiro atoms. The molecule has 2 saturated carbocycles. The fourth-order valence-corrected chi connectivity index (χ4v) is 7.32. The van der Waals surface area contributed by atoms with Gasteiger partial charge in [0, 0.05) is 19.3 Å². The molecule has 0 amide bonds. The molecule has 3 heteroatoms. The fraction of sp³-hybridized carbons (Fsp3) is 1.00. The van der Waals surface area contributed by atoms with Gasteiger partial charge in [-0.05, 0) is 49.9 Å². The Balaban J connectivity index is 2.13. The van der Waals surface area contributed by atoms with E-state index in [-0.39, 0.29) is 0 Å². The SMILES string of the molecule is CO[SiH](OC)C1(C2CCC(C)(C)CC2)CCCCC1. The van der Waals surface area contributed by atoms with Gasteiger partial charge in [-0.25, -0.2) is 0 Å². The Morgan fingerprint density at radius 2 is 1.37 bits per heavy atom. The molecule has 0 N–H and O–H groups in total. The first-order chi connectivity index (χ1) is 9.04. The number of rotatable bonds is 4. The van der Waals surface area contributed by atoms with Gasteiger partial charge >= 0.3 is 9.28 Å². The first kappa shape index (κ1) is 15.5. The van der Waals surface area contributed by atoms with Crippen molar-refractivity contribution in [1.29, 1.82) is 0 Å². The summed E-state index contributed by atoms with van der Waals surface area (Å²) in [5.41, 5.74) is 0.559. The first-order valence-corrected chi connectivity index (χ1v) is 9.62. The van der Waals surface area contributed by atoms with Crippen LogP contribution in [0.4, 0.5) is 0 Å². The molecule has 2 fully saturated rings. The third-order valence-electron chi connectivity index (χ3n) is 5.83. The Morgan fingerprint density at radius 3 is 1.84 bits per heavy atom. The van der Waals surface area contributed by atoms with Crippen LogP contribution in [0.1, 0.15) is 71.6 Å². The van der Waals surface area contributed by atoms with Crippen LogP contribution < -0.4 is 0 Å². The molecule has 0 aromatic carbocycles. The maximum Gasteiger partial charge on any atom is 0.327 e.